The molecule has 3 rings (SSSR count). The lowest BCUT2D eigenvalue weighted by Gasteiger charge is -2.20. The highest BCUT2D eigenvalue weighted by atomic mass is 32.2. The number of phenols is 2. The smallest absolute Gasteiger partial charge is 0.286 e. The largest absolute Gasteiger partial charge is 0.504 e. The molecule has 1 aliphatic rings. The van der Waals surface area contributed by atoms with Gasteiger partial charge in [-0.25, -0.2) is 0 Å². The Labute approximate surface area is 179 Å². The molecule has 0 bridgehead atoms. The molecule has 1 amide bonds. The minimum absolute atomic E-state index is 0.216. The minimum Gasteiger partial charge on any atom is -0.504 e. The van der Waals surface area contributed by atoms with E-state index in [0.717, 1.165) is 36.1 Å². The van der Waals surface area contributed by atoms with Crippen LogP contribution < -0.4 is 4.90 Å². The van der Waals surface area contributed by atoms with Gasteiger partial charge in [0.25, 0.3) is 5.91 Å². The molecule has 2 aromatic rings. The Morgan fingerprint density at radius 2 is 1.72 bits per heavy atom. The number of aromatic hydroxyl groups is 2. The molecule has 0 unspecified atom stereocenters. The van der Waals surface area contributed by atoms with Crippen molar-refractivity contribution in [1.29, 1.82) is 0 Å². The summed E-state index contributed by atoms with van der Waals surface area (Å²) in [5.74, 6) is -0.796. The van der Waals surface area contributed by atoms with Crippen LogP contribution in [0.1, 0.15) is 25.0 Å². The molecule has 0 saturated carbocycles. The fraction of sp³-hybridized carbons (Fsp3) is 0.190. The average Bonchev–Trinajstić information content (AvgIpc) is 2.98. The molecule has 1 heterocycles. The van der Waals surface area contributed by atoms with Crippen molar-refractivity contribution in [3.8, 4) is 11.5 Å². The van der Waals surface area contributed by atoms with Gasteiger partial charge < -0.3 is 15.1 Å². The molecule has 29 heavy (non-hydrogen) atoms. The van der Waals surface area contributed by atoms with E-state index < -0.39 is 0 Å². The van der Waals surface area contributed by atoms with Gasteiger partial charge in [0.2, 0.25) is 0 Å². The number of rotatable bonds is 6. The zero-order chi connectivity index (χ0) is 21.0. The van der Waals surface area contributed by atoms with E-state index in [1.165, 1.54) is 17.1 Å². The fourth-order valence-electron chi connectivity index (χ4n) is 2.82. The van der Waals surface area contributed by atoms with Crippen molar-refractivity contribution in [3.05, 3.63) is 58.5 Å². The first-order valence-electron chi connectivity index (χ1n) is 9.11. The van der Waals surface area contributed by atoms with E-state index in [1.807, 2.05) is 24.3 Å². The van der Waals surface area contributed by atoms with Crippen LogP contribution >= 0.6 is 24.0 Å². The third kappa shape index (κ3) is 4.78. The second-order valence-corrected chi connectivity index (χ2v) is 7.93. The minimum atomic E-state index is -0.330. The van der Waals surface area contributed by atoms with Crippen molar-refractivity contribution in [1.82, 2.24) is 5.01 Å². The number of nitrogens with zero attached hydrogens (tertiary/aromatic N) is 3. The number of hydrazone groups is 1. The molecule has 150 valence electrons. The summed E-state index contributed by atoms with van der Waals surface area (Å²) < 4.78 is 0.334. The van der Waals surface area contributed by atoms with Crippen LogP contribution in [0.15, 0.2) is 52.5 Å². The van der Waals surface area contributed by atoms with Crippen LogP contribution in [0.3, 0.4) is 0 Å². The van der Waals surface area contributed by atoms with Crippen LogP contribution in [0.5, 0.6) is 11.5 Å². The Bertz CT molecular complexity index is 983. The van der Waals surface area contributed by atoms with Crippen molar-refractivity contribution in [2.45, 2.75) is 13.8 Å². The molecule has 0 spiro atoms. The van der Waals surface area contributed by atoms with Crippen molar-refractivity contribution in [3.63, 3.8) is 0 Å². The molecule has 8 heteroatoms. The van der Waals surface area contributed by atoms with Gasteiger partial charge >= 0.3 is 0 Å². The van der Waals surface area contributed by atoms with Gasteiger partial charge in [-0.2, -0.15) is 10.1 Å². The van der Waals surface area contributed by atoms with Gasteiger partial charge in [0.1, 0.15) is 0 Å². The summed E-state index contributed by atoms with van der Waals surface area (Å²) in [6.07, 6.45) is 3.21. The second kappa shape index (κ2) is 9.11. The number of anilines is 1. The van der Waals surface area contributed by atoms with Gasteiger partial charge in [-0.15, -0.1) is 0 Å². The Morgan fingerprint density at radius 1 is 1.07 bits per heavy atom. The molecule has 2 N–H and O–H groups in total. The molecule has 0 aromatic heterocycles. The second-order valence-electron chi connectivity index (χ2n) is 6.25. The van der Waals surface area contributed by atoms with Crippen LogP contribution in [-0.2, 0) is 4.79 Å². The maximum absolute atomic E-state index is 12.6. The number of benzene rings is 2. The molecule has 6 nitrogen and oxygen atoms in total. The van der Waals surface area contributed by atoms with E-state index in [4.69, 9.17) is 12.2 Å². The standard InChI is InChI=1S/C21H21N3O3S2/c1-3-23(4-2)16-8-5-14(6-9-16)13-22-24-20(27)19(29-21(24)28)12-15-7-10-17(25)18(26)11-15/h5-13,25-26H,3-4H2,1-2H3/b19-12+,22-13+. The predicted molar refractivity (Wildman–Crippen MR) is 122 cm³/mol. The Morgan fingerprint density at radius 3 is 2.34 bits per heavy atom. The number of hydrogen-bond donors (Lipinski definition) is 2. The van der Waals surface area contributed by atoms with Crippen LogP contribution in [0.25, 0.3) is 6.08 Å². The van der Waals surface area contributed by atoms with E-state index in [9.17, 15) is 15.0 Å². The number of carbonyl (C=O) groups is 1. The summed E-state index contributed by atoms with van der Waals surface area (Å²) in [6, 6.07) is 12.3. The number of amides is 1. The number of carbonyl (C=O) groups excluding carboxylic acids is 1. The Balaban J connectivity index is 1.74. The highest BCUT2D eigenvalue weighted by Gasteiger charge is 2.32. The van der Waals surface area contributed by atoms with E-state index in [0.29, 0.717) is 14.8 Å². The number of phenolic OH excluding ortho intramolecular Hbond substituents is 2. The summed E-state index contributed by atoms with van der Waals surface area (Å²) in [5.41, 5.74) is 2.58. The Kier molecular flexibility index (Phi) is 6.56. The van der Waals surface area contributed by atoms with Crippen LogP contribution in [0.4, 0.5) is 5.69 Å². The van der Waals surface area contributed by atoms with E-state index in [2.05, 4.69) is 23.8 Å². The normalized spacial score (nSPS) is 15.7. The van der Waals surface area contributed by atoms with Crippen LogP contribution in [0.2, 0.25) is 0 Å². The zero-order valence-corrected chi connectivity index (χ0v) is 17.7. The summed E-state index contributed by atoms with van der Waals surface area (Å²) in [6.45, 7) is 6.10. The molecular formula is C21H21N3O3S2. The Hall–Kier alpha value is -2.84. The maximum atomic E-state index is 12.6. The highest BCUT2D eigenvalue weighted by molar-refractivity contribution is 8.26. The predicted octanol–water partition coefficient (Wildman–Crippen LogP) is 4.18. The quantitative estimate of drug-likeness (QED) is 0.312. The van der Waals surface area contributed by atoms with Crippen molar-refractivity contribution >= 4 is 52.2 Å². The molecule has 1 fully saturated rings. The van der Waals surface area contributed by atoms with Gasteiger partial charge in [0.15, 0.2) is 15.8 Å². The van der Waals surface area contributed by atoms with Gasteiger partial charge in [-0.3, -0.25) is 4.79 Å². The lowest BCUT2D eigenvalue weighted by molar-refractivity contribution is -0.122. The topological polar surface area (TPSA) is 76.4 Å². The SMILES string of the molecule is CCN(CC)c1ccc(/C=N/N2C(=O)/C(=C\c3ccc(O)c(O)c3)SC2=S)cc1. The van der Waals surface area contributed by atoms with Gasteiger partial charge in [-0.1, -0.05) is 30.0 Å². The molecule has 0 atom stereocenters. The molecule has 2 aromatic carbocycles. The third-order valence-corrected chi connectivity index (χ3v) is 5.70. The zero-order valence-electron chi connectivity index (χ0n) is 16.1. The van der Waals surface area contributed by atoms with Gasteiger partial charge in [0, 0.05) is 18.8 Å². The first kappa shape index (κ1) is 20.9. The van der Waals surface area contributed by atoms with Crippen molar-refractivity contribution in [2.24, 2.45) is 5.10 Å². The average molecular weight is 428 g/mol. The fourth-order valence-corrected chi connectivity index (χ4v) is 4.00. The molecule has 0 radical (unpaired) electrons. The van der Waals surface area contributed by atoms with Gasteiger partial charge in [0.05, 0.1) is 11.1 Å². The monoisotopic (exact) mass is 427 g/mol. The molecule has 1 aliphatic heterocycles. The first-order chi connectivity index (χ1) is 13.9. The molecule has 0 aliphatic carbocycles. The van der Waals surface area contributed by atoms with Gasteiger partial charge in [-0.05, 0) is 67.5 Å². The van der Waals surface area contributed by atoms with Crippen molar-refractivity contribution in [2.75, 3.05) is 18.0 Å². The third-order valence-electron chi connectivity index (χ3n) is 4.41. The van der Waals surface area contributed by atoms with E-state index in [1.54, 1.807) is 18.4 Å². The van der Waals surface area contributed by atoms with Crippen LogP contribution in [0, 0.1) is 0 Å². The maximum Gasteiger partial charge on any atom is 0.286 e. The van der Waals surface area contributed by atoms with E-state index >= 15 is 0 Å². The summed E-state index contributed by atoms with van der Waals surface area (Å²) in [7, 11) is 0. The molecular weight excluding hydrogens is 406 g/mol. The lowest BCUT2D eigenvalue weighted by Crippen LogP contribution is -2.22. The number of thiocarbonyl (C=S) groups is 1. The highest BCUT2D eigenvalue weighted by Crippen LogP contribution is 2.34. The first-order valence-corrected chi connectivity index (χ1v) is 10.3. The lowest BCUT2D eigenvalue weighted by atomic mass is 10.2. The summed E-state index contributed by atoms with van der Waals surface area (Å²) in [4.78, 5) is 15.3. The number of thioether (sulfide) groups is 1. The van der Waals surface area contributed by atoms with Crippen LogP contribution in [-0.4, -0.2) is 44.8 Å². The summed E-state index contributed by atoms with van der Waals surface area (Å²) in [5, 5.41) is 24.4. The summed E-state index contributed by atoms with van der Waals surface area (Å²) >= 11 is 6.42. The number of hydrogen-bond acceptors (Lipinski definition) is 7. The van der Waals surface area contributed by atoms with Crippen molar-refractivity contribution < 1.29 is 15.0 Å². The molecule has 1 saturated heterocycles. The van der Waals surface area contributed by atoms with E-state index in [-0.39, 0.29) is 17.4 Å².